The van der Waals surface area contributed by atoms with Gasteiger partial charge in [-0.05, 0) is 93.8 Å². The average molecular weight is 720 g/mol. The van der Waals surface area contributed by atoms with Crippen LogP contribution in [0.4, 0.5) is 18.9 Å². The minimum Gasteiger partial charge on any atom is -0.476 e. The second kappa shape index (κ2) is 16.6. The topological polar surface area (TPSA) is 106 Å². The second-order valence-corrected chi connectivity index (χ2v) is 13.1. The molecule has 6 rings (SSSR count). The SMILES string of the molecule is CCOc1ncnc(OCC)c1N(CCCN1CCC2CC(NC(=O)c3ccccc3-c3ccc(OC(F)(F)F)cc3)=CC=C2C1)C(=O)C1CCC1. The normalized spacial score (nSPS) is 17.6. The highest BCUT2D eigenvalue weighted by Crippen LogP contribution is 2.39. The Bertz CT molecular complexity index is 1770. The summed E-state index contributed by atoms with van der Waals surface area (Å²) in [5.74, 6) is 0.449. The number of nitrogens with zero attached hydrogens (tertiary/aromatic N) is 4. The van der Waals surface area contributed by atoms with Crippen LogP contribution in [0, 0.1) is 11.8 Å². The summed E-state index contributed by atoms with van der Waals surface area (Å²) in [6.45, 7) is 7.55. The fraction of sp³-hybridized carbons (Fsp3) is 0.436. The predicted octanol–water partition coefficient (Wildman–Crippen LogP) is 7.33. The van der Waals surface area contributed by atoms with Gasteiger partial charge in [0, 0.05) is 36.8 Å². The largest absolute Gasteiger partial charge is 0.573 e. The van der Waals surface area contributed by atoms with Crippen molar-refractivity contribution in [1.29, 1.82) is 0 Å². The first-order valence-corrected chi connectivity index (χ1v) is 17.9. The lowest BCUT2D eigenvalue weighted by atomic mass is 9.83. The molecule has 10 nitrogen and oxygen atoms in total. The molecule has 1 atom stereocenters. The van der Waals surface area contributed by atoms with Crippen molar-refractivity contribution in [2.45, 2.75) is 58.7 Å². The molecule has 2 amide bonds. The van der Waals surface area contributed by atoms with Crippen LogP contribution in [-0.4, -0.2) is 72.4 Å². The van der Waals surface area contributed by atoms with E-state index >= 15 is 0 Å². The summed E-state index contributed by atoms with van der Waals surface area (Å²) in [7, 11) is 0. The summed E-state index contributed by atoms with van der Waals surface area (Å²) in [5.41, 5.74) is 4.27. The number of anilines is 1. The van der Waals surface area contributed by atoms with Crippen molar-refractivity contribution in [1.82, 2.24) is 20.2 Å². The number of aromatic nitrogens is 2. The van der Waals surface area contributed by atoms with Gasteiger partial charge in [-0.3, -0.25) is 14.5 Å². The van der Waals surface area contributed by atoms with E-state index in [4.69, 9.17) is 9.47 Å². The molecule has 2 aromatic carbocycles. The molecule has 1 N–H and O–H groups in total. The van der Waals surface area contributed by atoms with E-state index in [1.165, 1.54) is 36.2 Å². The number of alkyl halides is 3. The van der Waals surface area contributed by atoms with Crippen LogP contribution < -0.4 is 24.4 Å². The van der Waals surface area contributed by atoms with E-state index in [2.05, 4.69) is 31.0 Å². The second-order valence-electron chi connectivity index (χ2n) is 13.1. The summed E-state index contributed by atoms with van der Waals surface area (Å²) < 4.78 is 53.5. The van der Waals surface area contributed by atoms with Crippen molar-refractivity contribution >= 4 is 17.5 Å². The molecular formula is C39H44F3N5O5. The van der Waals surface area contributed by atoms with Crippen LogP contribution in [0.1, 0.15) is 62.7 Å². The van der Waals surface area contributed by atoms with Crippen LogP contribution >= 0.6 is 0 Å². The number of carbonyl (C=O) groups is 2. The van der Waals surface area contributed by atoms with Crippen LogP contribution in [-0.2, 0) is 4.79 Å². The highest BCUT2D eigenvalue weighted by Gasteiger charge is 2.35. The van der Waals surface area contributed by atoms with E-state index in [-0.39, 0.29) is 23.5 Å². The smallest absolute Gasteiger partial charge is 0.476 e. The number of fused-ring (bicyclic) bond motifs is 1. The number of likely N-dealkylation sites (tertiary alicyclic amines) is 1. The molecule has 0 spiro atoms. The van der Waals surface area contributed by atoms with Crippen molar-refractivity contribution in [3.05, 3.63) is 83.8 Å². The average Bonchev–Trinajstić information content (AvgIpc) is 3.10. The number of hydrogen-bond donors (Lipinski definition) is 1. The van der Waals surface area contributed by atoms with Gasteiger partial charge in [0.25, 0.3) is 5.91 Å². The lowest BCUT2D eigenvalue weighted by Gasteiger charge is -2.37. The summed E-state index contributed by atoms with van der Waals surface area (Å²) >= 11 is 0. The van der Waals surface area contributed by atoms with E-state index in [0.717, 1.165) is 57.4 Å². The van der Waals surface area contributed by atoms with Gasteiger partial charge in [-0.2, -0.15) is 9.97 Å². The third kappa shape index (κ3) is 8.93. The first-order valence-electron chi connectivity index (χ1n) is 17.9. The number of hydrogen-bond acceptors (Lipinski definition) is 8. The minimum absolute atomic E-state index is 0.0180. The molecule has 1 saturated carbocycles. The molecule has 3 aromatic rings. The Morgan fingerprint density at radius 3 is 2.33 bits per heavy atom. The third-order valence-corrected chi connectivity index (χ3v) is 9.70. The summed E-state index contributed by atoms with van der Waals surface area (Å²) in [5, 5.41) is 3.07. The van der Waals surface area contributed by atoms with Gasteiger partial charge in [0.2, 0.25) is 17.7 Å². The fourth-order valence-corrected chi connectivity index (χ4v) is 6.94. The number of ether oxygens (including phenoxy) is 3. The molecule has 2 heterocycles. The molecule has 2 fully saturated rings. The van der Waals surface area contributed by atoms with Crippen molar-refractivity contribution < 1.29 is 37.0 Å². The van der Waals surface area contributed by atoms with Gasteiger partial charge in [-0.25, -0.2) is 0 Å². The van der Waals surface area contributed by atoms with Gasteiger partial charge in [0.15, 0.2) is 5.69 Å². The number of carbonyl (C=O) groups excluding carboxylic acids is 2. The van der Waals surface area contributed by atoms with Crippen molar-refractivity contribution in [3.63, 3.8) is 0 Å². The molecule has 2 aliphatic carbocycles. The van der Waals surface area contributed by atoms with Gasteiger partial charge >= 0.3 is 6.36 Å². The Labute approximate surface area is 301 Å². The van der Waals surface area contributed by atoms with E-state index in [9.17, 15) is 22.8 Å². The van der Waals surface area contributed by atoms with Gasteiger partial charge in [0.05, 0.1) is 13.2 Å². The molecule has 1 aromatic heterocycles. The number of rotatable bonds is 14. The predicted molar refractivity (Wildman–Crippen MR) is 190 cm³/mol. The van der Waals surface area contributed by atoms with E-state index in [1.807, 2.05) is 19.9 Å². The lowest BCUT2D eigenvalue weighted by molar-refractivity contribution is -0.274. The van der Waals surface area contributed by atoms with Gasteiger partial charge in [0.1, 0.15) is 12.1 Å². The first-order chi connectivity index (χ1) is 25.1. The van der Waals surface area contributed by atoms with Gasteiger partial charge in [-0.1, -0.05) is 48.4 Å². The molecule has 0 radical (unpaired) electrons. The Morgan fingerprint density at radius 1 is 0.962 bits per heavy atom. The summed E-state index contributed by atoms with van der Waals surface area (Å²) in [4.78, 5) is 40.0. The monoisotopic (exact) mass is 719 g/mol. The lowest BCUT2D eigenvalue weighted by Crippen LogP contribution is -2.42. The quantitative estimate of drug-likeness (QED) is 0.185. The maximum atomic E-state index is 13.7. The van der Waals surface area contributed by atoms with Crippen molar-refractivity contribution in [2.24, 2.45) is 11.8 Å². The number of piperidine rings is 1. The Balaban J connectivity index is 1.08. The molecule has 276 valence electrons. The number of halogens is 3. The molecule has 0 bridgehead atoms. The summed E-state index contributed by atoms with van der Waals surface area (Å²) in [6.07, 6.45) is 5.85. The molecular weight excluding hydrogens is 675 g/mol. The van der Waals surface area contributed by atoms with Gasteiger partial charge in [-0.15, -0.1) is 13.2 Å². The van der Waals surface area contributed by atoms with Crippen molar-refractivity contribution in [3.8, 4) is 28.6 Å². The number of allylic oxidation sites excluding steroid dienone is 3. The van der Waals surface area contributed by atoms with Crippen LogP contribution in [0.3, 0.4) is 0 Å². The maximum absolute atomic E-state index is 13.7. The zero-order valence-corrected chi connectivity index (χ0v) is 29.5. The van der Waals surface area contributed by atoms with Crippen LogP contribution in [0.15, 0.2) is 78.3 Å². The first kappa shape index (κ1) is 36.9. The van der Waals surface area contributed by atoms with Crippen molar-refractivity contribution in [2.75, 3.05) is 44.3 Å². The Morgan fingerprint density at radius 2 is 1.67 bits per heavy atom. The number of benzene rings is 2. The number of amides is 2. The summed E-state index contributed by atoms with van der Waals surface area (Å²) in [6, 6.07) is 12.5. The molecule has 1 aliphatic heterocycles. The van der Waals surface area contributed by atoms with E-state index in [0.29, 0.717) is 66.2 Å². The molecule has 13 heteroatoms. The van der Waals surface area contributed by atoms with E-state index in [1.54, 1.807) is 29.2 Å². The fourth-order valence-electron chi connectivity index (χ4n) is 6.94. The molecule has 1 unspecified atom stereocenters. The van der Waals surface area contributed by atoms with Crippen LogP contribution in [0.2, 0.25) is 0 Å². The zero-order chi connectivity index (χ0) is 36.7. The minimum atomic E-state index is -4.78. The highest BCUT2D eigenvalue weighted by molar-refractivity contribution is 6.01. The van der Waals surface area contributed by atoms with E-state index < -0.39 is 6.36 Å². The highest BCUT2D eigenvalue weighted by atomic mass is 19.4. The maximum Gasteiger partial charge on any atom is 0.573 e. The standard InChI is InChI=1S/C39H44F3N5O5/c1-3-50-36-34(37(51-4-2)44-25-43-36)47(38(49)27-9-7-10-27)21-8-20-46-22-19-28-23-30(16-13-29(28)24-46)45-35(48)33-12-6-5-11-32(33)26-14-17-31(18-15-26)52-39(40,41)42/h5-6,11-18,25,27-28H,3-4,7-10,19-24H2,1-2H3,(H,45,48). The zero-order valence-electron chi connectivity index (χ0n) is 29.5. The van der Waals surface area contributed by atoms with Crippen LogP contribution in [0.5, 0.6) is 17.5 Å². The number of nitrogens with one attached hydrogen (secondary N) is 1. The Kier molecular flexibility index (Phi) is 11.8. The third-order valence-electron chi connectivity index (χ3n) is 9.70. The molecule has 52 heavy (non-hydrogen) atoms. The van der Waals surface area contributed by atoms with Crippen LogP contribution in [0.25, 0.3) is 11.1 Å². The molecule has 1 saturated heterocycles. The molecule has 3 aliphatic rings. The van der Waals surface area contributed by atoms with Gasteiger partial charge < -0.3 is 24.4 Å². The Hall–Kier alpha value is -4.91.